The van der Waals surface area contributed by atoms with Gasteiger partial charge in [0.25, 0.3) is 0 Å². The molecule has 0 spiro atoms. The lowest BCUT2D eigenvalue weighted by atomic mass is 10.2. The van der Waals surface area contributed by atoms with Crippen LogP contribution in [-0.2, 0) is 11.3 Å². The summed E-state index contributed by atoms with van der Waals surface area (Å²) in [6.07, 6.45) is 0. The van der Waals surface area contributed by atoms with E-state index >= 15 is 0 Å². The fraction of sp³-hybridized carbons (Fsp3) is 0.214. The van der Waals surface area contributed by atoms with E-state index in [9.17, 15) is 4.79 Å². The van der Waals surface area contributed by atoms with Crippen LogP contribution in [0.5, 0.6) is 5.75 Å². The molecule has 0 atom stereocenters. The molecule has 0 fully saturated rings. The van der Waals surface area contributed by atoms with Crippen molar-refractivity contribution in [3.05, 3.63) is 44.6 Å². The van der Waals surface area contributed by atoms with Gasteiger partial charge in [-0.1, -0.05) is 0 Å². The van der Waals surface area contributed by atoms with Gasteiger partial charge in [-0.2, -0.15) is 0 Å². The summed E-state index contributed by atoms with van der Waals surface area (Å²) in [5, 5.41) is 0. The Kier molecular flexibility index (Phi) is 5.03. The smallest absolute Gasteiger partial charge is 0.338 e. The van der Waals surface area contributed by atoms with E-state index in [2.05, 4.69) is 15.9 Å². The van der Waals surface area contributed by atoms with Crippen molar-refractivity contribution in [2.24, 2.45) is 0 Å². The lowest BCUT2D eigenvalue weighted by Gasteiger charge is -2.08. The fourth-order valence-electron chi connectivity index (χ4n) is 1.61. The van der Waals surface area contributed by atoms with Crippen LogP contribution in [0, 0.1) is 0 Å². The number of ether oxygens (including phenoxy) is 2. The van der Waals surface area contributed by atoms with Crippen molar-refractivity contribution >= 4 is 38.9 Å². The van der Waals surface area contributed by atoms with Gasteiger partial charge in [0.15, 0.2) is 0 Å². The molecule has 0 saturated carbocycles. The maximum Gasteiger partial charge on any atom is 0.338 e. The van der Waals surface area contributed by atoms with Crippen molar-refractivity contribution in [3.63, 3.8) is 0 Å². The van der Waals surface area contributed by atoms with Crippen LogP contribution in [-0.4, -0.2) is 12.6 Å². The molecule has 0 aliphatic carbocycles. The molecule has 1 aromatic heterocycles. The van der Waals surface area contributed by atoms with Crippen molar-refractivity contribution in [1.82, 2.24) is 0 Å². The average Bonchev–Trinajstić information content (AvgIpc) is 2.84. The third-order valence-electron chi connectivity index (χ3n) is 2.52. The summed E-state index contributed by atoms with van der Waals surface area (Å²) in [5.41, 5.74) is 6.67. The molecule has 0 saturated heterocycles. The summed E-state index contributed by atoms with van der Waals surface area (Å²) in [6, 6.07) is 8.72. The number of nitrogen functional groups attached to an aromatic ring is 1. The first kappa shape index (κ1) is 14.9. The quantitative estimate of drug-likeness (QED) is 0.653. The van der Waals surface area contributed by atoms with Gasteiger partial charge in [-0.3, -0.25) is 0 Å². The summed E-state index contributed by atoms with van der Waals surface area (Å²) in [4.78, 5) is 12.9. The van der Waals surface area contributed by atoms with Gasteiger partial charge in [0.05, 0.1) is 21.6 Å². The number of rotatable bonds is 5. The Morgan fingerprint density at radius 3 is 2.75 bits per heavy atom. The molecule has 106 valence electrons. The van der Waals surface area contributed by atoms with E-state index in [4.69, 9.17) is 15.2 Å². The molecule has 0 aliphatic rings. The number of esters is 1. The molecule has 2 aromatic rings. The fourth-order valence-corrected chi connectivity index (χ4v) is 3.01. The Morgan fingerprint density at radius 1 is 1.35 bits per heavy atom. The first-order chi connectivity index (χ1) is 9.60. The Hall–Kier alpha value is -1.53. The van der Waals surface area contributed by atoms with Gasteiger partial charge in [0, 0.05) is 4.88 Å². The van der Waals surface area contributed by atoms with Crippen molar-refractivity contribution in [3.8, 4) is 5.75 Å². The first-order valence-electron chi connectivity index (χ1n) is 6.04. The highest BCUT2D eigenvalue weighted by Crippen LogP contribution is 2.25. The van der Waals surface area contributed by atoms with Crippen molar-refractivity contribution in [1.29, 1.82) is 0 Å². The predicted molar refractivity (Wildman–Crippen MR) is 83.2 cm³/mol. The summed E-state index contributed by atoms with van der Waals surface area (Å²) in [6.45, 7) is 2.66. The SMILES string of the molecule is CCOc1ccc(C(=O)OCc2ccc(Br)s2)cc1N. The third kappa shape index (κ3) is 3.74. The molecular formula is C14H14BrNO3S. The lowest BCUT2D eigenvalue weighted by Crippen LogP contribution is -2.06. The maximum atomic E-state index is 11.9. The number of anilines is 1. The molecule has 1 heterocycles. The van der Waals surface area contributed by atoms with Crippen LogP contribution in [0.3, 0.4) is 0 Å². The molecule has 0 aliphatic heterocycles. The van der Waals surface area contributed by atoms with Gasteiger partial charge in [-0.25, -0.2) is 4.79 Å². The van der Waals surface area contributed by atoms with E-state index in [1.807, 2.05) is 19.1 Å². The maximum absolute atomic E-state index is 11.9. The van der Waals surface area contributed by atoms with E-state index in [0.29, 0.717) is 23.6 Å². The van der Waals surface area contributed by atoms with E-state index < -0.39 is 5.97 Å². The molecule has 2 N–H and O–H groups in total. The number of nitrogens with two attached hydrogens (primary N) is 1. The summed E-state index contributed by atoms with van der Waals surface area (Å²) in [5.74, 6) is 0.176. The zero-order valence-corrected chi connectivity index (χ0v) is 13.3. The predicted octanol–water partition coefficient (Wildman–Crippen LogP) is 3.85. The molecule has 2 rings (SSSR count). The number of hydrogen-bond donors (Lipinski definition) is 1. The van der Waals surface area contributed by atoms with Crippen molar-refractivity contribution < 1.29 is 14.3 Å². The van der Waals surface area contributed by atoms with Crippen molar-refractivity contribution in [2.75, 3.05) is 12.3 Å². The third-order valence-corrected chi connectivity index (χ3v) is 4.12. The van der Waals surface area contributed by atoms with Crippen molar-refractivity contribution in [2.45, 2.75) is 13.5 Å². The molecule has 1 aromatic carbocycles. The molecule has 0 radical (unpaired) electrons. The molecule has 6 heteroatoms. The minimum absolute atomic E-state index is 0.252. The molecule has 0 bridgehead atoms. The Balaban J connectivity index is 2.00. The van der Waals surface area contributed by atoms with Gasteiger partial charge >= 0.3 is 5.97 Å². The minimum atomic E-state index is -0.399. The average molecular weight is 356 g/mol. The normalized spacial score (nSPS) is 10.3. The summed E-state index contributed by atoms with van der Waals surface area (Å²) in [7, 11) is 0. The number of carbonyl (C=O) groups excluding carboxylic acids is 1. The summed E-state index contributed by atoms with van der Waals surface area (Å²) >= 11 is 4.90. The van der Waals surface area contributed by atoms with Crippen LogP contribution in [0.1, 0.15) is 22.2 Å². The van der Waals surface area contributed by atoms with E-state index in [1.54, 1.807) is 18.2 Å². The second kappa shape index (κ2) is 6.76. The number of halogens is 1. The molecule has 4 nitrogen and oxygen atoms in total. The molecule has 0 unspecified atom stereocenters. The Morgan fingerprint density at radius 2 is 2.15 bits per heavy atom. The zero-order valence-electron chi connectivity index (χ0n) is 10.9. The number of benzene rings is 1. The lowest BCUT2D eigenvalue weighted by molar-refractivity contribution is 0.0477. The van der Waals surface area contributed by atoms with Gasteiger partial charge in [-0.15, -0.1) is 11.3 Å². The minimum Gasteiger partial charge on any atom is -0.492 e. The highest BCUT2D eigenvalue weighted by molar-refractivity contribution is 9.11. The largest absolute Gasteiger partial charge is 0.492 e. The van der Waals surface area contributed by atoms with Crippen LogP contribution >= 0.6 is 27.3 Å². The van der Waals surface area contributed by atoms with Crippen LogP contribution in [0.15, 0.2) is 34.1 Å². The van der Waals surface area contributed by atoms with E-state index in [1.165, 1.54) is 11.3 Å². The monoisotopic (exact) mass is 355 g/mol. The van der Waals surface area contributed by atoms with Crippen LogP contribution < -0.4 is 10.5 Å². The van der Waals surface area contributed by atoms with Gasteiger partial charge in [0.2, 0.25) is 0 Å². The van der Waals surface area contributed by atoms with Crippen LogP contribution in [0.25, 0.3) is 0 Å². The second-order valence-electron chi connectivity index (χ2n) is 3.97. The van der Waals surface area contributed by atoms with E-state index in [-0.39, 0.29) is 6.61 Å². The highest BCUT2D eigenvalue weighted by atomic mass is 79.9. The number of hydrogen-bond acceptors (Lipinski definition) is 5. The molecule has 20 heavy (non-hydrogen) atoms. The standard InChI is InChI=1S/C14H14BrNO3S/c1-2-18-12-5-3-9(7-11(12)16)14(17)19-8-10-4-6-13(15)20-10/h3-7H,2,8,16H2,1H3. The van der Waals surface area contributed by atoms with Gasteiger partial charge in [0.1, 0.15) is 12.4 Å². The zero-order chi connectivity index (χ0) is 14.5. The van der Waals surface area contributed by atoms with Crippen LogP contribution in [0.4, 0.5) is 5.69 Å². The molecule has 0 amide bonds. The van der Waals surface area contributed by atoms with Gasteiger partial charge in [-0.05, 0) is 53.2 Å². The molecular weight excluding hydrogens is 342 g/mol. The summed E-state index contributed by atoms with van der Waals surface area (Å²) < 4.78 is 11.6. The first-order valence-corrected chi connectivity index (χ1v) is 7.64. The Labute approximate surface area is 129 Å². The number of thiophene rings is 1. The highest BCUT2D eigenvalue weighted by Gasteiger charge is 2.11. The van der Waals surface area contributed by atoms with Gasteiger partial charge < -0.3 is 15.2 Å². The van der Waals surface area contributed by atoms with E-state index in [0.717, 1.165) is 8.66 Å². The Bertz CT molecular complexity index is 612. The topological polar surface area (TPSA) is 61.5 Å². The number of carbonyl (C=O) groups is 1. The second-order valence-corrected chi connectivity index (χ2v) is 6.52. The van der Waals surface area contributed by atoms with Crippen LogP contribution in [0.2, 0.25) is 0 Å².